The molecule has 0 aliphatic carbocycles. The predicted molar refractivity (Wildman–Crippen MR) is 117 cm³/mol. The van der Waals surface area contributed by atoms with Crippen LogP contribution in [0.2, 0.25) is 0 Å². The van der Waals surface area contributed by atoms with Crippen LogP contribution in [-0.2, 0) is 40.0 Å². The molecule has 0 aliphatic rings. The van der Waals surface area contributed by atoms with Gasteiger partial charge in [0, 0.05) is 24.7 Å². The molecule has 0 radical (unpaired) electrons. The molecule has 17 heteroatoms. The lowest BCUT2D eigenvalue weighted by molar-refractivity contribution is -0.147. The second kappa shape index (κ2) is 14.7. The summed E-state index contributed by atoms with van der Waals surface area (Å²) < 4.78 is 0. The van der Waals surface area contributed by atoms with Crippen LogP contribution in [0.15, 0.2) is 12.5 Å². The number of aliphatic carboxylic acids is 3. The first kappa shape index (κ1) is 29.5. The first-order valence-electron chi connectivity index (χ1n) is 10.4. The summed E-state index contributed by atoms with van der Waals surface area (Å²) in [5, 5.41) is 35.4. The molecule has 17 nitrogen and oxygen atoms in total. The Labute approximate surface area is 203 Å². The van der Waals surface area contributed by atoms with E-state index in [1.807, 2.05) is 5.32 Å². The Morgan fingerprint density at radius 3 is 2.08 bits per heavy atom. The van der Waals surface area contributed by atoms with E-state index in [4.69, 9.17) is 21.1 Å². The van der Waals surface area contributed by atoms with Gasteiger partial charge in [0.15, 0.2) is 0 Å². The number of carbonyl (C=O) groups excluding carboxylic acids is 4. The summed E-state index contributed by atoms with van der Waals surface area (Å²) in [7, 11) is 0. The average Bonchev–Trinajstić information content (AvgIpc) is 3.31. The number of nitrogens with two attached hydrogens (primary N) is 1. The van der Waals surface area contributed by atoms with Crippen LogP contribution in [0.25, 0.3) is 0 Å². The third-order valence-corrected chi connectivity index (χ3v) is 4.53. The number of carboxylic acids is 3. The fourth-order valence-electron chi connectivity index (χ4n) is 2.80. The molecule has 3 atom stereocenters. The predicted octanol–water partition coefficient (Wildman–Crippen LogP) is -4.09. The smallest absolute Gasteiger partial charge is 0.326 e. The lowest BCUT2D eigenvalue weighted by Gasteiger charge is -2.22. The quantitative estimate of drug-likeness (QED) is 0.102. The number of hydrogen-bond donors (Lipinski definition) is 9. The van der Waals surface area contributed by atoms with E-state index >= 15 is 0 Å². The minimum atomic E-state index is -1.73. The van der Waals surface area contributed by atoms with Crippen LogP contribution in [0, 0.1) is 0 Å². The number of nitrogens with one attached hydrogen (secondary N) is 5. The maximum Gasteiger partial charge on any atom is 0.326 e. The molecule has 1 aromatic rings. The largest absolute Gasteiger partial charge is 0.481 e. The molecule has 0 aromatic carbocycles. The van der Waals surface area contributed by atoms with Crippen molar-refractivity contribution in [2.24, 2.45) is 5.73 Å². The van der Waals surface area contributed by atoms with Gasteiger partial charge < -0.3 is 47.3 Å². The molecule has 0 fully saturated rings. The molecule has 0 aliphatic heterocycles. The molecule has 0 saturated heterocycles. The highest BCUT2D eigenvalue weighted by molar-refractivity contribution is 5.94. The first-order chi connectivity index (χ1) is 16.9. The molecule has 10 N–H and O–H groups in total. The summed E-state index contributed by atoms with van der Waals surface area (Å²) in [5.41, 5.74) is 5.62. The second-order valence-corrected chi connectivity index (χ2v) is 7.37. The number of carboxylic acid groups (broad SMARTS) is 3. The van der Waals surface area contributed by atoms with Crippen LogP contribution in [0.3, 0.4) is 0 Å². The number of imidazole rings is 1. The van der Waals surface area contributed by atoms with Crippen LogP contribution in [0.4, 0.5) is 0 Å². The SMILES string of the molecule is NCC(=O)N[C@@H](CCC(=O)O)C(=O)N[C@@H](Cc1cnc[nH]1)C(=O)NCC(=O)N[C@@H](CC(=O)O)C(=O)O. The monoisotopic (exact) mass is 513 g/mol. The number of hydrogen-bond acceptors (Lipinski definition) is 9. The van der Waals surface area contributed by atoms with Gasteiger partial charge in [0.2, 0.25) is 23.6 Å². The van der Waals surface area contributed by atoms with Crippen LogP contribution in [0.5, 0.6) is 0 Å². The van der Waals surface area contributed by atoms with E-state index in [0.29, 0.717) is 5.69 Å². The zero-order valence-electron chi connectivity index (χ0n) is 18.9. The van der Waals surface area contributed by atoms with Gasteiger partial charge in [0.1, 0.15) is 18.1 Å². The lowest BCUT2D eigenvalue weighted by atomic mass is 10.1. The second-order valence-electron chi connectivity index (χ2n) is 7.37. The number of nitrogens with zero attached hydrogens (tertiary/aromatic N) is 1. The van der Waals surface area contributed by atoms with Crippen molar-refractivity contribution in [2.75, 3.05) is 13.1 Å². The van der Waals surface area contributed by atoms with E-state index in [-0.39, 0.29) is 12.8 Å². The third kappa shape index (κ3) is 11.1. The van der Waals surface area contributed by atoms with Crippen molar-refractivity contribution in [1.82, 2.24) is 31.2 Å². The van der Waals surface area contributed by atoms with E-state index in [9.17, 15) is 33.6 Å². The Balaban J connectivity index is 2.90. The number of rotatable bonds is 16. The number of carbonyl (C=O) groups is 7. The van der Waals surface area contributed by atoms with Crippen molar-refractivity contribution in [3.8, 4) is 0 Å². The molecule has 4 amide bonds. The third-order valence-electron chi connectivity index (χ3n) is 4.53. The van der Waals surface area contributed by atoms with E-state index in [1.165, 1.54) is 12.5 Å². The molecule has 0 unspecified atom stereocenters. The topological polar surface area (TPSA) is 283 Å². The Kier molecular flexibility index (Phi) is 12.0. The summed E-state index contributed by atoms with van der Waals surface area (Å²) in [6.07, 6.45) is 0.869. The minimum Gasteiger partial charge on any atom is -0.481 e. The Bertz CT molecular complexity index is 966. The highest BCUT2D eigenvalue weighted by Gasteiger charge is 2.28. The summed E-state index contributed by atoms with van der Waals surface area (Å²) in [4.78, 5) is 88.4. The summed E-state index contributed by atoms with van der Waals surface area (Å²) in [6.45, 7) is -1.22. The van der Waals surface area contributed by atoms with E-state index in [1.54, 1.807) is 0 Å². The summed E-state index contributed by atoms with van der Waals surface area (Å²) in [5.74, 6) is -7.80. The van der Waals surface area contributed by atoms with Gasteiger partial charge in [-0.05, 0) is 6.42 Å². The zero-order chi connectivity index (χ0) is 27.3. The fraction of sp³-hybridized carbons (Fsp3) is 0.474. The number of amides is 4. The number of aromatic amines is 1. The van der Waals surface area contributed by atoms with Gasteiger partial charge in [-0.3, -0.25) is 28.8 Å². The van der Waals surface area contributed by atoms with Gasteiger partial charge in [-0.15, -0.1) is 0 Å². The molecule has 0 saturated carbocycles. The van der Waals surface area contributed by atoms with Gasteiger partial charge in [0.25, 0.3) is 0 Å². The van der Waals surface area contributed by atoms with Crippen molar-refractivity contribution in [2.45, 2.75) is 43.8 Å². The van der Waals surface area contributed by atoms with Crippen LogP contribution < -0.4 is 27.0 Å². The highest BCUT2D eigenvalue weighted by atomic mass is 16.4. The van der Waals surface area contributed by atoms with Crippen molar-refractivity contribution >= 4 is 41.5 Å². The molecule has 36 heavy (non-hydrogen) atoms. The van der Waals surface area contributed by atoms with Crippen molar-refractivity contribution in [3.05, 3.63) is 18.2 Å². The summed E-state index contributed by atoms with van der Waals surface area (Å²) in [6, 6.07) is -4.39. The van der Waals surface area contributed by atoms with Gasteiger partial charge in [-0.2, -0.15) is 0 Å². The first-order valence-corrected chi connectivity index (χ1v) is 10.4. The molecule has 1 heterocycles. The van der Waals surface area contributed by atoms with E-state index in [2.05, 4.69) is 25.9 Å². The standard InChI is InChI=1S/C19H27N7O10/c20-5-13(27)24-10(1-2-15(29)30)18(34)26-11(3-9-6-21-8-23-9)17(33)22-7-14(28)25-12(19(35)36)4-16(31)32/h6,8,10-12H,1-5,7,20H2,(H,21,23)(H,22,33)(H,24,27)(H,25,28)(H,26,34)(H,29,30)(H,31,32)(H,35,36)/t10-,11-,12-/m0/s1. The van der Waals surface area contributed by atoms with Crippen LogP contribution in [0.1, 0.15) is 25.0 Å². The number of aromatic nitrogens is 2. The Hall–Kier alpha value is -4.54. The van der Waals surface area contributed by atoms with Gasteiger partial charge in [0.05, 0.1) is 25.8 Å². The molecule has 0 bridgehead atoms. The lowest BCUT2D eigenvalue weighted by Crippen LogP contribution is -2.56. The summed E-state index contributed by atoms with van der Waals surface area (Å²) >= 11 is 0. The molecule has 198 valence electrons. The normalized spacial score (nSPS) is 12.9. The van der Waals surface area contributed by atoms with Crippen molar-refractivity contribution < 1.29 is 48.9 Å². The average molecular weight is 513 g/mol. The fourth-order valence-corrected chi connectivity index (χ4v) is 2.80. The maximum atomic E-state index is 12.7. The molecular formula is C19H27N7O10. The zero-order valence-corrected chi connectivity index (χ0v) is 18.9. The Morgan fingerprint density at radius 2 is 1.56 bits per heavy atom. The van der Waals surface area contributed by atoms with Crippen LogP contribution in [-0.4, -0.2) is 98.0 Å². The maximum absolute atomic E-state index is 12.7. The van der Waals surface area contributed by atoms with E-state index in [0.717, 1.165) is 0 Å². The van der Waals surface area contributed by atoms with Gasteiger partial charge >= 0.3 is 17.9 Å². The van der Waals surface area contributed by atoms with Gasteiger partial charge in [-0.25, -0.2) is 9.78 Å². The van der Waals surface area contributed by atoms with Crippen LogP contribution >= 0.6 is 0 Å². The molecule has 0 spiro atoms. The Morgan fingerprint density at radius 1 is 0.889 bits per heavy atom. The van der Waals surface area contributed by atoms with Crippen molar-refractivity contribution in [1.29, 1.82) is 0 Å². The van der Waals surface area contributed by atoms with E-state index < -0.39 is 85.6 Å². The molecule has 1 aromatic heterocycles. The molecular weight excluding hydrogens is 486 g/mol. The highest BCUT2D eigenvalue weighted by Crippen LogP contribution is 2.03. The number of H-pyrrole nitrogens is 1. The van der Waals surface area contributed by atoms with Gasteiger partial charge in [-0.1, -0.05) is 0 Å². The molecule has 1 rings (SSSR count). The van der Waals surface area contributed by atoms with Crippen molar-refractivity contribution in [3.63, 3.8) is 0 Å². The minimum absolute atomic E-state index is 0.146.